The summed E-state index contributed by atoms with van der Waals surface area (Å²) in [6.45, 7) is 3.16. The lowest BCUT2D eigenvalue weighted by Crippen LogP contribution is -2.40. The van der Waals surface area contributed by atoms with Crippen LogP contribution in [0.1, 0.15) is 12.5 Å². The van der Waals surface area contributed by atoms with Gasteiger partial charge >= 0.3 is 0 Å². The first-order chi connectivity index (χ1) is 14.0. The number of hydrogen-bond acceptors (Lipinski definition) is 5. The molecule has 0 spiro atoms. The van der Waals surface area contributed by atoms with E-state index in [-0.39, 0.29) is 23.3 Å². The van der Waals surface area contributed by atoms with Crippen LogP contribution in [0.4, 0.5) is 0 Å². The molecule has 7 nitrogen and oxygen atoms in total. The molecule has 1 atom stereocenters. The third-order valence-corrected chi connectivity index (χ3v) is 6.41. The van der Waals surface area contributed by atoms with Gasteiger partial charge in [0, 0.05) is 35.8 Å². The van der Waals surface area contributed by atoms with Gasteiger partial charge in [0.15, 0.2) is 0 Å². The van der Waals surface area contributed by atoms with Gasteiger partial charge in [0.1, 0.15) is 0 Å². The first-order valence-electron chi connectivity index (χ1n) is 9.50. The van der Waals surface area contributed by atoms with Gasteiger partial charge in [-0.1, -0.05) is 12.1 Å². The Morgan fingerprint density at radius 1 is 1.03 bits per heavy atom. The zero-order valence-electron chi connectivity index (χ0n) is 16.5. The highest BCUT2D eigenvalue weighted by Crippen LogP contribution is 2.18. The smallest absolute Gasteiger partial charge is 0.240 e. The van der Waals surface area contributed by atoms with Crippen molar-refractivity contribution in [2.45, 2.75) is 24.3 Å². The minimum Gasteiger partial charge on any atom is -0.315 e. The maximum atomic E-state index is 12.7. The van der Waals surface area contributed by atoms with Gasteiger partial charge in [-0.05, 0) is 61.2 Å². The highest BCUT2D eigenvalue weighted by atomic mass is 35.5. The van der Waals surface area contributed by atoms with Crippen LogP contribution in [0, 0.1) is 0 Å². The molecule has 4 rings (SSSR count). The van der Waals surface area contributed by atoms with Gasteiger partial charge in [-0.3, -0.25) is 10.1 Å². The van der Waals surface area contributed by atoms with Crippen molar-refractivity contribution in [2.75, 3.05) is 13.1 Å². The van der Waals surface area contributed by atoms with E-state index in [0.29, 0.717) is 6.54 Å². The van der Waals surface area contributed by atoms with Gasteiger partial charge in [-0.15, -0.1) is 12.4 Å². The summed E-state index contributed by atoms with van der Waals surface area (Å²) in [5.41, 5.74) is 2.24. The monoisotopic (exact) mass is 445 g/mol. The van der Waals surface area contributed by atoms with Crippen molar-refractivity contribution >= 4 is 44.1 Å². The molecule has 3 N–H and O–H groups in total. The maximum absolute atomic E-state index is 12.7. The molecule has 0 saturated carbocycles. The Kier molecular flexibility index (Phi) is 7.04. The number of pyridine rings is 1. The van der Waals surface area contributed by atoms with Crippen molar-refractivity contribution in [1.29, 1.82) is 0 Å². The molecule has 0 radical (unpaired) electrons. The molecule has 2 aromatic carbocycles. The molecule has 9 heteroatoms. The Hall–Kier alpha value is -2.52. The highest BCUT2D eigenvalue weighted by Gasteiger charge is 2.17. The average molecular weight is 446 g/mol. The molecule has 0 fully saturated rings. The summed E-state index contributed by atoms with van der Waals surface area (Å²) in [6, 6.07) is 12.8. The standard InChI is InChI=1S/C21H23N5O2S.ClH/c1-15(12-22-8-6-16-2-5-21-19(10-16)14-24-25-21)26-29(27,28)20-4-3-18-13-23-9-7-17(18)11-20;/h2-5,7,9-11,13-15,22,26H,6,8,12H2,1H3,(H,24,25);1H. The topological polar surface area (TPSA) is 99.8 Å². The van der Waals surface area contributed by atoms with E-state index in [9.17, 15) is 8.42 Å². The number of fused-ring (bicyclic) bond motifs is 2. The molecule has 0 bridgehead atoms. The molecule has 0 aliphatic heterocycles. The predicted molar refractivity (Wildman–Crippen MR) is 121 cm³/mol. The number of nitrogens with zero attached hydrogens (tertiary/aromatic N) is 2. The van der Waals surface area contributed by atoms with Crippen molar-refractivity contribution in [3.05, 3.63) is 66.6 Å². The molecule has 0 saturated heterocycles. The second kappa shape index (κ2) is 9.53. The first kappa shape index (κ1) is 22.2. The lowest BCUT2D eigenvalue weighted by atomic mass is 10.1. The van der Waals surface area contributed by atoms with Gasteiger partial charge in [0.25, 0.3) is 0 Å². The third kappa shape index (κ3) is 5.14. The van der Waals surface area contributed by atoms with Crippen molar-refractivity contribution in [3.63, 3.8) is 0 Å². The lowest BCUT2D eigenvalue weighted by Gasteiger charge is -2.15. The fourth-order valence-electron chi connectivity index (χ4n) is 3.30. The van der Waals surface area contributed by atoms with Crippen LogP contribution >= 0.6 is 12.4 Å². The Bertz CT molecular complexity index is 1240. The van der Waals surface area contributed by atoms with Crippen molar-refractivity contribution in [3.8, 4) is 0 Å². The molecular formula is C21H24ClN5O2S. The van der Waals surface area contributed by atoms with Gasteiger partial charge < -0.3 is 5.32 Å². The van der Waals surface area contributed by atoms with E-state index in [2.05, 4.69) is 37.4 Å². The summed E-state index contributed by atoms with van der Waals surface area (Å²) in [4.78, 5) is 4.31. The van der Waals surface area contributed by atoms with Crippen LogP contribution in [0.2, 0.25) is 0 Å². The molecule has 158 valence electrons. The summed E-state index contributed by atoms with van der Waals surface area (Å²) in [5, 5.41) is 13.1. The normalized spacial score (nSPS) is 12.7. The van der Waals surface area contributed by atoms with Crippen molar-refractivity contribution < 1.29 is 8.42 Å². The minimum atomic E-state index is -3.58. The van der Waals surface area contributed by atoms with Gasteiger partial charge in [-0.2, -0.15) is 5.10 Å². The van der Waals surface area contributed by atoms with E-state index in [1.807, 2.05) is 19.2 Å². The van der Waals surface area contributed by atoms with Crippen LogP contribution in [-0.2, 0) is 16.4 Å². The number of rotatable bonds is 8. The number of sulfonamides is 1. The molecule has 2 aromatic heterocycles. The number of hydrogen-bond donors (Lipinski definition) is 3. The third-order valence-electron chi connectivity index (χ3n) is 4.82. The number of benzene rings is 2. The largest absolute Gasteiger partial charge is 0.315 e. The molecule has 0 amide bonds. The number of aromatic nitrogens is 3. The zero-order chi connectivity index (χ0) is 20.3. The summed E-state index contributed by atoms with van der Waals surface area (Å²) in [7, 11) is -3.58. The molecular weight excluding hydrogens is 422 g/mol. The van der Waals surface area contributed by atoms with E-state index >= 15 is 0 Å². The minimum absolute atomic E-state index is 0. The molecule has 2 heterocycles. The summed E-state index contributed by atoms with van der Waals surface area (Å²) < 4.78 is 28.1. The van der Waals surface area contributed by atoms with E-state index in [0.717, 1.165) is 34.6 Å². The Labute approximate surface area is 181 Å². The number of nitrogens with one attached hydrogen (secondary N) is 3. The van der Waals surface area contributed by atoms with Crippen LogP contribution in [0.3, 0.4) is 0 Å². The zero-order valence-corrected chi connectivity index (χ0v) is 18.1. The van der Waals surface area contributed by atoms with E-state index in [1.54, 1.807) is 36.7 Å². The Balaban J connectivity index is 0.00000256. The van der Waals surface area contributed by atoms with Crippen LogP contribution in [0.15, 0.2) is 66.0 Å². The van der Waals surface area contributed by atoms with Crippen LogP contribution in [0.5, 0.6) is 0 Å². The predicted octanol–water partition coefficient (Wildman–Crippen LogP) is 3.03. The Morgan fingerprint density at radius 2 is 1.90 bits per heavy atom. The van der Waals surface area contributed by atoms with Crippen molar-refractivity contribution in [1.82, 2.24) is 25.2 Å². The lowest BCUT2D eigenvalue weighted by molar-refractivity contribution is 0.537. The van der Waals surface area contributed by atoms with Gasteiger partial charge in [0.05, 0.1) is 16.6 Å². The fourth-order valence-corrected chi connectivity index (χ4v) is 4.58. The second-order valence-corrected chi connectivity index (χ2v) is 8.87. The second-order valence-electron chi connectivity index (χ2n) is 7.15. The van der Waals surface area contributed by atoms with Gasteiger partial charge in [-0.25, -0.2) is 13.1 Å². The summed E-state index contributed by atoms with van der Waals surface area (Å²) in [6.07, 6.45) is 6.05. The van der Waals surface area contributed by atoms with Crippen LogP contribution in [0.25, 0.3) is 21.7 Å². The molecule has 4 aromatic rings. The fraction of sp³-hybridized carbons (Fsp3) is 0.238. The molecule has 1 unspecified atom stereocenters. The van der Waals surface area contributed by atoms with Crippen LogP contribution in [-0.4, -0.2) is 42.7 Å². The van der Waals surface area contributed by atoms with Gasteiger partial charge in [0.2, 0.25) is 10.0 Å². The SMILES string of the molecule is CC(CNCCc1ccc2[nH]ncc2c1)NS(=O)(=O)c1ccc2cnccc2c1.Cl. The van der Waals surface area contributed by atoms with E-state index < -0.39 is 10.0 Å². The quantitative estimate of drug-likeness (QED) is 0.362. The summed E-state index contributed by atoms with van der Waals surface area (Å²) in [5.74, 6) is 0. The first-order valence-corrected chi connectivity index (χ1v) is 11.0. The highest BCUT2D eigenvalue weighted by molar-refractivity contribution is 7.89. The average Bonchev–Trinajstić information content (AvgIpc) is 3.18. The summed E-state index contributed by atoms with van der Waals surface area (Å²) >= 11 is 0. The number of H-pyrrole nitrogens is 1. The molecule has 0 aliphatic rings. The van der Waals surface area contributed by atoms with Crippen molar-refractivity contribution in [2.24, 2.45) is 0 Å². The molecule has 0 aliphatic carbocycles. The number of aromatic amines is 1. The Morgan fingerprint density at radius 3 is 2.77 bits per heavy atom. The number of halogens is 1. The maximum Gasteiger partial charge on any atom is 0.240 e. The van der Waals surface area contributed by atoms with E-state index in [4.69, 9.17) is 0 Å². The van der Waals surface area contributed by atoms with Crippen LogP contribution < -0.4 is 10.0 Å². The van der Waals surface area contributed by atoms with E-state index in [1.165, 1.54) is 5.56 Å². The molecule has 30 heavy (non-hydrogen) atoms.